The zero-order valence-corrected chi connectivity index (χ0v) is 20.0. The van der Waals surface area contributed by atoms with Crippen molar-refractivity contribution in [1.82, 2.24) is 9.88 Å². The van der Waals surface area contributed by atoms with Gasteiger partial charge in [-0.1, -0.05) is 29.8 Å². The van der Waals surface area contributed by atoms with Crippen LogP contribution >= 0.6 is 11.6 Å². The molecule has 0 aliphatic rings. The molecule has 0 spiro atoms. The summed E-state index contributed by atoms with van der Waals surface area (Å²) in [6.07, 6.45) is 2.84. The molecule has 0 atom stereocenters. The minimum absolute atomic E-state index is 0.217. The molecule has 2 N–H and O–H groups in total. The number of nitrogens with zero attached hydrogens (tertiary/aromatic N) is 1. The number of methoxy groups -OCH3 is 1. The van der Waals surface area contributed by atoms with Crippen molar-refractivity contribution in [2.45, 2.75) is 39.2 Å². The number of halogens is 1. The monoisotopic (exact) mass is 485 g/mol. The molecule has 0 saturated heterocycles. The first-order chi connectivity index (χ1) is 16.4. The van der Waals surface area contributed by atoms with Crippen molar-refractivity contribution >= 4 is 46.2 Å². The molecule has 0 saturated carbocycles. The summed E-state index contributed by atoms with van der Waals surface area (Å²) in [7, 11) is 1.34. The molecule has 0 unspecified atom stereocenters. The Morgan fingerprint density at radius 2 is 1.79 bits per heavy atom. The molecule has 180 valence electrons. The lowest BCUT2D eigenvalue weighted by atomic mass is 10.1. The largest absolute Gasteiger partial charge is 0.469 e. The first-order valence-electron chi connectivity index (χ1n) is 11.1. The average molecular weight is 486 g/mol. The van der Waals surface area contributed by atoms with Crippen LogP contribution in [0, 0.1) is 0 Å². The van der Waals surface area contributed by atoms with Gasteiger partial charge in [0.1, 0.15) is 0 Å². The third-order valence-electron chi connectivity index (χ3n) is 5.26. The van der Waals surface area contributed by atoms with Crippen molar-refractivity contribution in [1.29, 1.82) is 0 Å². The van der Waals surface area contributed by atoms with Gasteiger partial charge in [0.05, 0.1) is 18.3 Å². The number of hydrogen-bond donors (Lipinski definition) is 2. The fourth-order valence-corrected chi connectivity index (χ4v) is 3.75. The van der Waals surface area contributed by atoms with Crippen molar-refractivity contribution < 1.29 is 23.9 Å². The average Bonchev–Trinajstić information content (AvgIpc) is 3.22. The van der Waals surface area contributed by atoms with Crippen LogP contribution in [0.5, 0.6) is 5.75 Å². The Bertz CT molecular complexity index is 1170. The summed E-state index contributed by atoms with van der Waals surface area (Å²) in [4.78, 5) is 36.0. The predicted octanol–water partition coefficient (Wildman–Crippen LogP) is 5.12. The second kappa shape index (κ2) is 12.1. The molecule has 2 aromatic carbocycles. The summed E-state index contributed by atoms with van der Waals surface area (Å²) in [5.41, 5.74) is 2.23. The molecule has 34 heavy (non-hydrogen) atoms. The van der Waals surface area contributed by atoms with Crippen molar-refractivity contribution in [3.63, 3.8) is 0 Å². The number of nitrogens with one attached hydrogen (secondary N) is 2. The highest BCUT2D eigenvalue weighted by molar-refractivity contribution is 6.31. The highest BCUT2D eigenvalue weighted by Crippen LogP contribution is 2.35. The highest BCUT2D eigenvalue weighted by Gasteiger charge is 2.17. The maximum absolute atomic E-state index is 12.7. The number of esters is 1. The van der Waals surface area contributed by atoms with Gasteiger partial charge in [0.2, 0.25) is 5.91 Å². The van der Waals surface area contributed by atoms with Gasteiger partial charge in [-0.3, -0.25) is 9.59 Å². The van der Waals surface area contributed by atoms with E-state index in [1.54, 1.807) is 13.0 Å². The first-order valence-corrected chi connectivity index (χ1v) is 11.5. The number of rotatable bonds is 10. The summed E-state index contributed by atoms with van der Waals surface area (Å²) >= 11 is 6.33. The Kier molecular flexibility index (Phi) is 8.93. The van der Waals surface area contributed by atoms with E-state index in [1.165, 1.54) is 7.11 Å². The lowest BCUT2D eigenvalue weighted by Crippen LogP contribution is -2.26. The van der Waals surface area contributed by atoms with Crippen LogP contribution in [-0.4, -0.2) is 36.2 Å². The van der Waals surface area contributed by atoms with Gasteiger partial charge in [0.25, 0.3) is 0 Å². The van der Waals surface area contributed by atoms with E-state index in [9.17, 15) is 14.4 Å². The molecule has 8 nitrogen and oxygen atoms in total. The third kappa shape index (κ3) is 6.51. The second-order valence-electron chi connectivity index (χ2n) is 7.66. The summed E-state index contributed by atoms with van der Waals surface area (Å²) in [5, 5.41) is 6.88. The molecule has 0 aliphatic heterocycles. The smallest absolute Gasteiger partial charge is 0.412 e. The number of fused-ring (bicyclic) bond motifs is 1. The van der Waals surface area contributed by atoms with Crippen LogP contribution in [-0.2, 0) is 20.9 Å². The molecular weight excluding hydrogens is 458 g/mol. The van der Waals surface area contributed by atoms with E-state index in [0.29, 0.717) is 36.6 Å². The van der Waals surface area contributed by atoms with Crippen molar-refractivity contribution in [2.75, 3.05) is 19.0 Å². The van der Waals surface area contributed by atoms with Crippen LogP contribution in [0.25, 0.3) is 10.9 Å². The summed E-state index contributed by atoms with van der Waals surface area (Å²) in [6, 6.07) is 13.0. The summed E-state index contributed by atoms with van der Waals surface area (Å²) in [5.74, 6) is -0.295. The number of carbonyl (C=O) groups is 3. The Labute approximate surface area is 203 Å². The van der Waals surface area contributed by atoms with Gasteiger partial charge >= 0.3 is 12.1 Å². The van der Waals surface area contributed by atoms with E-state index >= 15 is 0 Å². The zero-order chi connectivity index (χ0) is 24.5. The maximum Gasteiger partial charge on any atom is 0.412 e. The minimum atomic E-state index is -0.606. The summed E-state index contributed by atoms with van der Waals surface area (Å²) < 4.78 is 12.1. The van der Waals surface area contributed by atoms with E-state index in [4.69, 9.17) is 16.3 Å². The van der Waals surface area contributed by atoms with Crippen LogP contribution in [0.4, 0.5) is 10.5 Å². The van der Waals surface area contributed by atoms with Gasteiger partial charge in [-0.2, -0.15) is 0 Å². The Morgan fingerprint density at radius 1 is 1.03 bits per heavy atom. The van der Waals surface area contributed by atoms with Gasteiger partial charge in [-0.15, -0.1) is 0 Å². The Hall–Kier alpha value is -3.52. The van der Waals surface area contributed by atoms with E-state index in [0.717, 1.165) is 16.5 Å². The second-order valence-corrected chi connectivity index (χ2v) is 8.07. The first kappa shape index (κ1) is 25.1. The van der Waals surface area contributed by atoms with Crippen LogP contribution in [0.1, 0.15) is 38.2 Å². The summed E-state index contributed by atoms with van der Waals surface area (Å²) in [6.45, 7) is 2.74. The van der Waals surface area contributed by atoms with E-state index in [1.807, 2.05) is 47.2 Å². The number of carbonyl (C=O) groups excluding carboxylic acids is 3. The van der Waals surface area contributed by atoms with Gasteiger partial charge in [0, 0.05) is 42.5 Å². The van der Waals surface area contributed by atoms with E-state index in [-0.39, 0.29) is 30.5 Å². The topological polar surface area (TPSA) is 98.7 Å². The molecule has 0 bridgehead atoms. The number of anilines is 1. The zero-order valence-electron chi connectivity index (χ0n) is 19.2. The minimum Gasteiger partial charge on any atom is -0.469 e. The van der Waals surface area contributed by atoms with Gasteiger partial charge < -0.3 is 24.7 Å². The molecule has 1 aromatic heterocycles. The maximum atomic E-state index is 12.7. The van der Waals surface area contributed by atoms with Crippen LogP contribution < -0.4 is 15.4 Å². The molecule has 0 aliphatic carbocycles. The van der Waals surface area contributed by atoms with Crippen LogP contribution in [0.15, 0.2) is 48.7 Å². The molecular formula is C25H28ClN3O5. The van der Waals surface area contributed by atoms with Crippen LogP contribution in [0.2, 0.25) is 5.02 Å². The van der Waals surface area contributed by atoms with Crippen molar-refractivity contribution in [3.05, 3.63) is 59.2 Å². The molecule has 0 fully saturated rings. The Balaban J connectivity index is 1.85. The molecule has 0 radical (unpaired) electrons. The number of ether oxygens (including phenoxy) is 2. The molecule has 3 aromatic rings. The number of aromatic nitrogens is 1. The normalized spacial score (nSPS) is 10.7. The third-order valence-corrected chi connectivity index (χ3v) is 5.63. The molecule has 1 heterocycles. The lowest BCUT2D eigenvalue weighted by Gasteiger charge is -2.14. The van der Waals surface area contributed by atoms with Crippen molar-refractivity contribution in [2.24, 2.45) is 0 Å². The van der Waals surface area contributed by atoms with Gasteiger partial charge in [-0.05, 0) is 49.6 Å². The SMILES string of the molecule is CCNC(=O)Oc1ccc2c(ccn2Cc2ccccc2Cl)c1NC(=O)CCCCC(=O)OC. The lowest BCUT2D eigenvalue weighted by molar-refractivity contribution is -0.140. The quantitative estimate of drug-likeness (QED) is 0.306. The fourth-order valence-electron chi connectivity index (χ4n) is 3.55. The van der Waals surface area contributed by atoms with E-state index in [2.05, 4.69) is 15.4 Å². The van der Waals surface area contributed by atoms with Crippen molar-refractivity contribution in [3.8, 4) is 5.75 Å². The van der Waals surface area contributed by atoms with E-state index < -0.39 is 6.09 Å². The highest BCUT2D eigenvalue weighted by atomic mass is 35.5. The molecule has 3 rings (SSSR count). The molecule has 2 amide bonds. The van der Waals surface area contributed by atoms with Gasteiger partial charge in [-0.25, -0.2) is 4.79 Å². The van der Waals surface area contributed by atoms with Crippen LogP contribution in [0.3, 0.4) is 0 Å². The Morgan fingerprint density at radius 3 is 2.53 bits per heavy atom. The molecule has 9 heteroatoms. The number of benzene rings is 2. The number of amides is 2. The predicted molar refractivity (Wildman–Crippen MR) is 131 cm³/mol. The standard InChI is InChI=1S/C25H28ClN3O5/c1-3-27-25(32)34-21-13-12-20-18(14-15-29(20)16-17-8-4-5-9-19(17)26)24(21)28-22(30)10-6-7-11-23(31)33-2/h4-5,8-9,12-15H,3,6-7,10-11,16H2,1-2H3,(H,27,32)(H,28,30). The number of unbranched alkanes of at least 4 members (excludes halogenated alkanes) is 1. The van der Waals surface area contributed by atoms with Gasteiger partial charge in [0.15, 0.2) is 5.75 Å². The number of hydrogen-bond acceptors (Lipinski definition) is 5. The fraction of sp³-hybridized carbons (Fsp3) is 0.320.